The molecule has 0 amide bonds. The molecule has 0 heterocycles. The molecule has 0 saturated carbocycles. The highest BCUT2D eigenvalue weighted by atomic mass is 19.1. The topological polar surface area (TPSA) is 52.3 Å². The number of hydrogen-bond acceptors (Lipinski definition) is 3. The number of carbonyl (C=O) groups excluding carboxylic acids is 1. The number of anilines is 1. The van der Waals surface area contributed by atoms with Crippen LogP contribution in [-0.4, -0.2) is 11.6 Å². The molecule has 0 fully saturated rings. The first kappa shape index (κ1) is 12.5. The lowest BCUT2D eigenvalue weighted by atomic mass is 10.1. The van der Waals surface area contributed by atoms with E-state index in [-0.39, 0.29) is 5.56 Å². The zero-order valence-corrected chi connectivity index (χ0v) is 9.66. The summed E-state index contributed by atoms with van der Waals surface area (Å²) in [5.41, 5.74) is 5.56. The first-order chi connectivity index (χ1) is 7.29. The average molecular weight is 225 g/mol. The fourth-order valence-corrected chi connectivity index (χ4v) is 1.15. The smallest absolute Gasteiger partial charge is 0.345 e. The normalized spacial score (nSPS) is 13.2. The maximum atomic E-state index is 13.7. The van der Waals surface area contributed by atoms with E-state index in [0.717, 1.165) is 0 Å². The van der Waals surface area contributed by atoms with Gasteiger partial charge in [0.05, 0.1) is 0 Å². The van der Waals surface area contributed by atoms with Crippen LogP contribution in [0.5, 0.6) is 0 Å². The second kappa shape index (κ2) is 4.51. The van der Waals surface area contributed by atoms with Gasteiger partial charge in [0.2, 0.25) is 6.17 Å². The molecule has 0 aliphatic rings. The highest BCUT2D eigenvalue weighted by molar-refractivity contribution is 5.76. The average Bonchev–Trinajstić information content (AvgIpc) is 2.15. The number of rotatable bonds is 2. The minimum Gasteiger partial charge on any atom is -0.458 e. The number of alkyl halides is 1. The van der Waals surface area contributed by atoms with Crippen LogP contribution in [0.2, 0.25) is 0 Å². The Labute approximate surface area is 94.4 Å². The van der Waals surface area contributed by atoms with Crippen molar-refractivity contribution >= 4 is 11.7 Å². The van der Waals surface area contributed by atoms with Gasteiger partial charge in [-0.2, -0.15) is 0 Å². The van der Waals surface area contributed by atoms with E-state index in [4.69, 9.17) is 10.5 Å². The predicted molar refractivity (Wildman–Crippen MR) is 60.5 cm³/mol. The molecule has 1 aromatic rings. The maximum absolute atomic E-state index is 13.7. The fraction of sp³-hybridized carbons (Fsp3) is 0.417. The summed E-state index contributed by atoms with van der Waals surface area (Å²) in [6.07, 6.45) is -1.76. The lowest BCUT2D eigenvalue weighted by molar-refractivity contribution is -0.161. The Hall–Kier alpha value is -1.58. The summed E-state index contributed by atoms with van der Waals surface area (Å²) in [6.45, 7) is 5.09. The molecule has 0 aromatic heterocycles. The molecule has 1 aromatic carbocycles. The summed E-state index contributed by atoms with van der Waals surface area (Å²) in [5.74, 6) is -0.878. The van der Waals surface area contributed by atoms with Gasteiger partial charge in [-0.3, -0.25) is 0 Å². The van der Waals surface area contributed by atoms with Gasteiger partial charge in [-0.05, 0) is 38.5 Å². The van der Waals surface area contributed by atoms with Crippen LogP contribution in [0.1, 0.15) is 32.5 Å². The third kappa shape index (κ3) is 3.53. The Morgan fingerprint density at radius 3 is 2.25 bits per heavy atom. The SMILES string of the molecule is CC(C)(C)OC(=O)C(F)c1ccc(N)cc1. The molecule has 0 saturated heterocycles. The van der Waals surface area contributed by atoms with Crippen LogP contribution in [-0.2, 0) is 9.53 Å². The molecule has 0 radical (unpaired) electrons. The minimum absolute atomic E-state index is 0.253. The predicted octanol–water partition coefficient (Wildman–Crippen LogP) is 2.62. The van der Waals surface area contributed by atoms with E-state index < -0.39 is 17.7 Å². The number of halogens is 1. The van der Waals surface area contributed by atoms with E-state index in [0.29, 0.717) is 5.69 Å². The highest BCUT2D eigenvalue weighted by Crippen LogP contribution is 2.22. The lowest BCUT2D eigenvalue weighted by Gasteiger charge is -2.21. The van der Waals surface area contributed by atoms with Crippen molar-refractivity contribution in [3.8, 4) is 0 Å². The molecular weight excluding hydrogens is 209 g/mol. The molecule has 88 valence electrons. The van der Waals surface area contributed by atoms with Crippen molar-refractivity contribution in [3.63, 3.8) is 0 Å². The Balaban J connectivity index is 2.74. The first-order valence-corrected chi connectivity index (χ1v) is 5.02. The zero-order valence-electron chi connectivity index (χ0n) is 9.66. The summed E-state index contributed by atoms with van der Waals surface area (Å²) in [7, 11) is 0. The van der Waals surface area contributed by atoms with Crippen molar-refractivity contribution in [1.29, 1.82) is 0 Å². The largest absolute Gasteiger partial charge is 0.458 e. The van der Waals surface area contributed by atoms with Crippen LogP contribution in [0, 0.1) is 0 Å². The molecule has 0 aliphatic heterocycles. The molecule has 1 atom stereocenters. The van der Waals surface area contributed by atoms with E-state index in [9.17, 15) is 9.18 Å². The quantitative estimate of drug-likeness (QED) is 0.621. The number of ether oxygens (including phenoxy) is 1. The van der Waals surface area contributed by atoms with E-state index in [1.165, 1.54) is 12.1 Å². The number of hydrogen-bond donors (Lipinski definition) is 1. The van der Waals surface area contributed by atoms with Crippen molar-refractivity contribution in [3.05, 3.63) is 29.8 Å². The molecule has 16 heavy (non-hydrogen) atoms. The van der Waals surface area contributed by atoms with Gasteiger partial charge in [-0.25, -0.2) is 9.18 Å². The van der Waals surface area contributed by atoms with Gasteiger partial charge >= 0.3 is 5.97 Å². The monoisotopic (exact) mass is 225 g/mol. The lowest BCUT2D eigenvalue weighted by Crippen LogP contribution is -2.26. The summed E-state index contributed by atoms with van der Waals surface area (Å²) in [6, 6.07) is 6.05. The van der Waals surface area contributed by atoms with Crippen LogP contribution in [0.15, 0.2) is 24.3 Å². The van der Waals surface area contributed by atoms with E-state index in [1.54, 1.807) is 32.9 Å². The van der Waals surface area contributed by atoms with Crippen LogP contribution < -0.4 is 5.73 Å². The minimum atomic E-state index is -1.76. The van der Waals surface area contributed by atoms with Gasteiger partial charge in [0, 0.05) is 5.69 Å². The fourth-order valence-electron chi connectivity index (χ4n) is 1.15. The summed E-state index contributed by atoms with van der Waals surface area (Å²) in [4.78, 5) is 11.4. The van der Waals surface area contributed by atoms with Crippen LogP contribution in [0.25, 0.3) is 0 Å². The van der Waals surface area contributed by atoms with Gasteiger partial charge in [0.25, 0.3) is 0 Å². The Morgan fingerprint density at radius 2 is 1.81 bits per heavy atom. The van der Waals surface area contributed by atoms with Crippen LogP contribution >= 0.6 is 0 Å². The van der Waals surface area contributed by atoms with Gasteiger partial charge < -0.3 is 10.5 Å². The number of nitrogen functional groups attached to an aromatic ring is 1. The molecule has 2 N–H and O–H groups in total. The molecule has 4 heteroatoms. The third-order valence-corrected chi connectivity index (χ3v) is 1.84. The number of nitrogens with two attached hydrogens (primary N) is 1. The summed E-state index contributed by atoms with van der Waals surface area (Å²) in [5, 5.41) is 0. The van der Waals surface area contributed by atoms with Gasteiger partial charge in [0.15, 0.2) is 0 Å². The van der Waals surface area contributed by atoms with Crippen LogP contribution in [0.4, 0.5) is 10.1 Å². The summed E-state index contributed by atoms with van der Waals surface area (Å²) >= 11 is 0. The second-order valence-corrected chi connectivity index (χ2v) is 4.56. The molecular formula is C12H16FNO2. The molecule has 1 rings (SSSR count). The van der Waals surface area contributed by atoms with Crippen molar-refractivity contribution < 1.29 is 13.9 Å². The molecule has 1 unspecified atom stereocenters. The maximum Gasteiger partial charge on any atom is 0.345 e. The molecule has 0 bridgehead atoms. The van der Waals surface area contributed by atoms with E-state index >= 15 is 0 Å². The Kier molecular flexibility index (Phi) is 3.52. The standard InChI is InChI=1S/C12H16FNO2/c1-12(2,3)16-11(15)10(13)8-4-6-9(14)7-5-8/h4-7,10H,14H2,1-3H3. The number of benzene rings is 1. The zero-order chi connectivity index (χ0) is 12.3. The molecule has 0 aliphatic carbocycles. The van der Waals surface area contributed by atoms with Crippen LogP contribution in [0.3, 0.4) is 0 Å². The third-order valence-electron chi connectivity index (χ3n) is 1.84. The Bertz CT molecular complexity index is 368. The van der Waals surface area contributed by atoms with E-state index in [1.807, 2.05) is 0 Å². The summed E-state index contributed by atoms with van der Waals surface area (Å²) < 4.78 is 18.6. The number of esters is 1. The van der Waals surface area contributed by atoms with Crippen molar-refractivity contribution in [2.24, 2.45) is 0 Å². The first-order valence-electron chi connectivity index (χ1n) is 5.02. The van der Waals surface area contributed by atoms with Gasteiger partial charge in [0.1, 0.15) is 5.60 Å². The highest BCUT2D eigenvalue weighted by Gasteiger charge is 2.25. The molecule has 0 spiro atoms. The second-order valence-electron chi connectivity index (χ2n) is 4.56. The number of carbonyl (C=O) groups is 1. The van der Waals surface area contributed by atoms with Gasteiger partial charge in [-0.1, -0.05) is 12.1 Å². The van der Waals surface area contributed by atoms with Crippen molar-refractivity contribution in [2.45, 2.75) is 32.5 Å². The van der Waals surface area contributed by atoms with E-state index in [2.05, 4.69) is 0 Å². The Morgan fingerprint density at radius 1 is 1.31 bits per heavy atom. The van der Waals surface area contributed by atoms with Crippen molar-refractivity contribution in [1.82, 2.24) is 0 Å². The van der Waals surface area contributed by atoms with Crippen molar-refractivity contribution in [2.75, 3.05) is 5.73 Å². The van der Waals surface area contributed by atoms with Gasteiger partial charge in [-0.15, -0.1) is 0 Å². The molecule has 3 nitrogen and oxygen atoms in total.